The lowest BCUT2D eigenvalue weighted by molar-refractivity contribution is 0.112. The maximum atomic E-state index is 11.0. The highest BCUT2D eigenvalue weighted by molar-refractivity contribution is 7.17. The summed E-state index contributed by atoms with van der Waals surface area (Å²) < 4.78 is 5.62. The highest BCUT2D eigenvalue weighted by atomic mass is 32.1. The van der Waals surface area contributed by atoms with E-state index in [1.165, 1.54) is 11.3 Å². The molecule has 0 bridgehead atoms. The molecule has 18 heavy (non-hydrogen) atoms. The van der Waals surface area contributed by atoms with Crippen LogP contribution in [0.4, 0.5) is 5.13 Å². The smallest absolute Gasteiger partial charge is 0.186 e. The van der Waals surface area contributed by atoms with Crippen molar-refractivity contribution < 1.29 is 9.53 Å². The van der Waals surface area contributed by atoms with E-state index >= 15 is 0 Å². The zero-order valence-electron chi connectivity index (χ0n) is 11.2. The van der Waals surface area contributed by atoms with E-state index in [1.807, 2.05) is 7.05 Å². The molecule has 1 unspecified atom stereocenters. The predicted molar refractivity (Wildman–Crippen MR) is 73.8 cm³/mol. The molecular weight excluding hydrogens is 248 g/mol. The molecule has 5 heteroatoms. The van der Waals surface area contributed by atoms with Gasteiger partial charge in [-0.2, -0.15) is 0 Å². The van der Waals surface area contributed by atoms with Crippen molar-refractivity contribution in [1.82, 2.24) is 4.98 Å². The summed E-state index contributed by atoms with van der Waals surface area (Å²) >= 11 is 1.47. The number of thiazole rings is 1. The van der Waals surface area contributed by atoms with Gasteiger partial charge in [0, 0.05) is 20.2 Å². The lowest BCUT2D eigenvalue weighted by Crippen LogP contribution is -2.28. The van der Waals surface area contributed by atoms with Crippen LogP contribution in [0.3, 0.4) is 0 Å². The highest BCUT2D eigenvalue weighted by Crippen LogP contribution is 2.29. The zero-order valence-corrected chi connectivity index (χ0v) is 12.0. The Balaban J connectivity index is 2.09. The van der Waals surface area contributed by atoms with E-state index in [4.69, 9.17) is 4.74 Å². The van der Waals surface area contributed by atoms with E-state index in [0.717, 1.165) is 48.0 Å². The minimum atomic E-state index is 0.284. The third-order valence-electron chi connectivity index (χ3n) is 3.15. The number of carbonyl (C=O) groups is 1. The molecule has 2 rings (SSSR count). The Morgan fingerprint density at radius 3 is 2.89 bits per heavy atom. The van der Waals surface area contributed by atoms with Crippen molar-refractivity contribution in [3.63, 3.8) is 0 Å². The lowest BCUT2D eigenvalue weighted by atomic mass is 10.1. The van der Waals surface area contributed by atoms with Gasteiger partial charge in [0.25, 0.3) is 0 Å². The van der Waals surface area contributed by atoms with Gasteiger partial charge in [0.05, 0.1) is 16.7 Å². The largest absolute Gasteiger partial charge is 0.376 e. The number of hydrogen-bond donors (Lipinski definition) is 0. The van der Waals surface area contributed by atoms with E-state index in [-0.39, 0.29) is 5.92 Å². The van der Waals surface area contributed by atoms with Crippen molar-refractivity contribution in [1.29, 1.82) is 0 Å². The van der Waals surface area contributed by atoms with Crippen LogP contribution in [0.15, 0.2) is 0 Å². The molecule has 1 saturated heterocycles. The molecule has 1 aliphatic rings. The van der Waals surface area contributed by atoms with Gasteiger partial charge >= 0.3 is 0 Å². The fraction of sp³-hybridized carbons (Fsp3) is 0.692. The first-order chi connectivity index (χ1) is 8.61. The van der Waals surface area contributed by atoms with E-state index in [9.17, 15) is 4.79 Å². The summed E-state index contributed by atoms with van der Waals surface area (Å²) in [5.74, 6) is 0.284. The number of aromatic nitrogens is 1. The molecule has 1 atom stereocenters. The number of anilines is 1. The molecule has 0 N–H and O–H groups in total. The number of likely N-dealkylation sites (N-methyl/N-ethyl adjacent to an activating group) is 1. The van der Waals surface area contributed by atoms with Crippen molar-refractivity contribution in [3.05, 3.63) is 10.6 Å². The first-order valence-corrected chi connectivity index (χ1v) is 7.22. The normalized spacial score (nSPS) is 19.4. The molecule has 2 heterocycles. The summed E-state index contributed by atoms with van der Waals surface area (Å²) in [7, 11) is 2.01. The van der Waals surface area contributed by atoms with Gasteiger partial charge in [-0.25, -0.2) is 4.98 Å². The van der Waals surface area contributed by atoms with Gasteiger partial charge in [0.2, 0.25) is 0 Å². The average molecular weight is 268 g/mol. The summed E-state index contributed by atoms with van der Waals surface area (Å²) in [5.41, 5.74) is 0.907. The summed E-state index contributed by atoms with van der Waals surface area (Å²) in [5, 5.41) is 0.913. The maximum absolute atomic E-state index is 11.0. The Hall–Kier alpha value is -0.940. The standard InChI is InChI=1S/C13H20N2O2S/c1-9(2)12-11(8-16)18-13(14-12)15(3)7-10-5-4-6-17-10/h8-10H,4-7H2,1-3H3. The van der Waals surface area contributed by atoms with Crippen LogP contribution in [0.2, 0.25) is 0 Å². The van der Waals surface area contributed by atoms with Crippen LogP contribution in [0.25, 0.3) is 0 Å². The van der Waals surface area contributed by atoms with E-state index < -0.39 is 0 Å². The van der Waals surface area contributed by atoms with Crippen LogP contribution in [0, 0.1) is 0 Å². The van der Waals surface area contributed by atoms with Gasteiger partial charge < -0.3 is 9.64 Å². The van der Waals surface area contributed by atoms with E-state index in [0.29, 0.717) is 6.10 Å². The van der Waals surface area contributed by atoms with Gasteiger partial charge in [-0.15, -0.1) is 0 Å². The second-order valence-electron chi connectivity index (χ2n) is 5.03. The van der Waals surface area contributed by atoms with Crippen molar-refractivity contribution >= 4 is 22.8 Å². The highest BCUT2D eigenvalue weighted by Gasteiger charge is 2.21. The fourth-order valence-corrected chi connectivity index (χ4v) is 3.17. The average Bonchev–Trinajstić information content (AvgIpc) is 2.96. The predicted octanol–water partition coefficient (Wildman–Crippen LogP) is 2.69. The van der Waals surface area contributed by atoms with Crippen LogP contribution < -0.4 is 4.90 Å². The maximum Gasteiger partial charge on any atom is 0.186 e. The van der Waals surface area contributed by atoms with Gasteiger partial charge in [0.15, 0.2) is 11.4 Å². The van der Waals surface area contributed by atoms with Gasteiger partial charge in [-0.1, -0.05) is 25.2 Å². The zero-order chi connectivity index (χ0) is 13.1. The summed E-state index contributed by atoms with van der Waals surface area (Å²) in [6.07, 6.45) is 3.48. The number of carbonyl (C=O) groups excluding carboxylic acids is 1. The molecule has 1 fully saturated rings. The molecule has 0 amide bonds. The Labute approximate surface area is 112 Å². The third kappa shape index (κ3) is 2.90. The fourth-order valence-electron chi connectivity index (χ4n) is 2.16. The summed E-state index contributed by atoms with van der Waals surface area (Å²) in [6, 6.07) is 0. The van der Waals surface area contributed by atoms with Gasteiger partial charge in [0.1, 0.15) is 0 Å². The molecular formula is C13H20N2O2S. The number of ether oxygens (including phenoxy) is 1. The van der Waals surface area contributed by atoms with Crippen LogP contribution in [-0.2, 0) is 4.74 Å². The minimum absolute atomic E-state index is 0.284. The molecule has 100 valence electrons. The lowest BCUT2D eigenvalue weighted by Gasteiger charge is -2.19. The minimum Gasteiger partial charge on any atom is -0.376 e. The quantitative estimate of drug-likeness (QED) is 0.770. The molecule has 0 saturated carbocycles. The molecule has 0 spiro atoms. The summed E-state index contributed by atoms with van der Waals surface area (Å²) in [6.45, 7) is 5.84. The molecule has 1 aliphatic heterocycles. The number of hydrogen-bond acceptors (Lipinski definition) is 5. The van der Waals surface area contributed by atoms with E-state index in [2.05, 4.69) is 23.7 Å². The van der Waals surface area contributed by atoms with Crippen molar-refractivity contribution in [3.8, 4) is 0 Å². The Morgan fingerprint density at radius 2 is 2.39 bits per heavy atom. The molecule has 0 aromatic carbocycles. The third-order valence-corrected chi connectivity index (χ3v) is 4.26. The van der Waals surface area contributed by atoms with Crippen LogP contribution in [0.5, 0.6) is 0 Å². The topological polar surface area (TPSA) is 42.4 Å². The molecule has 0 aliphatic carbocycles. The van der Waals surface area contributed by atoms with Crippen molar-refractivity contribution in [2.24, 2.45) is 0 Å². The second kappa shape index (κ2) is 5.80. The first-order valence-electron chi connectivity index (χ1n) is 6.40. The van der Waals surface area contributed by atoms with Crippen molar-refractivity contribution in [2.45, 2.75) is 38.7 Å². The second-order valence-corrected chi connectivity index (χ2v) is 6.04. The van der Waals surface area contributed by atoms with Gasteiger partial charge in [-0.05, 0) is 18.8 Å². The number of nitrogens with zero attached hydrogens (tertiary/aromatic N) is 2. The van der Waals surface area contributed by atoms with Crippen LogP contribution >= 0.6 is 11.3 Å². The van der Waals surface area contributed by atoms with Crippen molar-refractivity contribution in [2.75, 3.05) is 25.1 Å². The monoisotopic (exact) mass is 268 g/mol. The van der Waals surface area contributed by atoms with Gasteiger partial charge in [-0.3, -0.25) is 4.79 Å². The Kier molecular flexibility index (Phi) is 4.35. The molecule has 1 aromatic rings. The van der Waals surface area contributed by atoms with Crippen LogP contribution in [-0.4, -0.2) is 37.6 Å². The number of aldehydes is 1. The number of rotatable bonds is 5. The van der Waals surface area contributed by atoms with E-state index in [1.54, 1.807) is 0 Å². The molecule has 1 aromatic heterocycles. The van der Waals surface area contributed by atoms with Crippen LogP contribution in [0.1, 0.15) is 48.0 Å². The first kappa shape index (κ1) is 13.5. The molecule has 0 radical (unpaired) electrons. The Bertz CT molecular complexity index is 411. The Morgan fingerprint density at radius 1 is 1.61 bits per heavy atom. The SMILES string of the molecule is CC(C)c1nc(N(C)CC2CCCO2)sc1C=O. The molecule has 4 nitrogen and oxygen atoms in total. The summed E-state index contributed by atoms with van der Waals surface area (Å²) in [4.78, 5) is 18.5.